The maximum absolute atomic E-state index is 5.74. The van der Waals surface area contributed by atoms with Crippen LogP contribution in [0.3, 0.4) is 0 Å². The van der Waals surface area contributed by atoms with E-state index in [-0.39, 0.29) is 0 Å². The van der Waals surface area contributed by atoms with Gasteiger partial charge in [0.1, 0.15) is 0 Å². The Morgan fingerprint density at radius 2 is 2.00 bits per heavy atom. The molecule has 0 aromatic heterocycles. The van der Waals surface area contributed by atoms with E-state index in [1.165, 1.54) is 19.4 Å². The zero-order valence-electron chi connectivity index (χ0n) is 12.8. The van der Waals surface area contributed by atoms with Crippen molar-refractivity contribution in [2.75, 3.05) is 46.0 Å². The monoisotopic (exact) mass is 270 g/mol. The van der Waals surface area contributed by atoms with Crippen LogP contribution in [0.1, 0.15) is 33.6 Å². The van der Waals surface area contributed by atoms with Crippen molar-refractivity contribution in [3.8, 4) is 0 Å². The molecule has 2 rings (SSSR count). The fourth-order valence-corrected chi connectivity index (χ4v) is 3.21. The molecule has 2 fully saturated rings. The van der Waals surface area contributed by atoms with Crippen LogP contribution >= 0.6 is 0 Å². The molecule has 0 saturated carbocycles. The fourth-order valence-electron chi connectivity index (χ4n) is 3.21. The highest BCUT2D eigenvalue weighted by Crippen LogP contribution is 2.32. The molecule has 4 nitrogen and oxygen atoms in total. The molecule has 0 aromatic rings. The highest BCUT2D eigenvalue weighted by atomic mass is 16.5. The molecule has 0 amide bonds. The number of morpholine rings is 1. The summed E-state index contributed by atoms with van der Waals surface area (Å²) in [5.74, 6) is 0. The number of rotatable bonds is 5. The number of nitrogens with zero attached hydrogens (tertiary/aromatic N) is 1. The normalized spacial score (nSPS) is 32.4. The lowest BCUT2D eigenvalue weighted by Gasteiger charge is -2.45. The first-order valence-electron chi connectivity index (χ1n) is 7.79. The van der Waals surface area contributed by atoms with Crippen molar-refractivity contribution >= 4 is 0 Å². The lowest BCUT2D eigenvalue weighted by Crippen LogP contribution is -2.54. The molecule has 2 saturated heterocycles. The molecule has 1 N–H and O–H groups in total. The van der Waals surface area contributed by atoms with Gasteiger partial charge in [0, 0.05) is 38.9 Å². The number of ether oxygens (including phenoxy) is 2. The molecule has 0 radical (unpaired) electrons. The predicted octanol–water partition coefficient (Wildman–Crippen LogP) is 1.50. The largest absolute Gasteiger partial charge is 0.381 e. The summed E-state index contributed by atoms with van der Waals surface area (Å²) in [7, 11) is 0. The van der Waals surface area contributed by atoms with Gasteiger partial charge in [-0.05, 0) is 38.6 Å². The van der Waals surface area contributed by atoms with Crippen molar-refractivity contribution in [1.29, 1.82) is 0 Å². The van der Waals surface area contributed by atoms with Crippen molar-refractivity contribution in [3.63, 3.8) is 0 Å². The summed E-state index contributed by atoms with van der Waals surface area (Å²) in [6, 6.07) is 0.539. The van der Waals surface area contributed by atoms with E-state index in [1.54, 1.807) is 0 Å². The molecule has 2 atom stereocenters. The van der Waals surface area contributed by atoms with Crippen molar-refractivity contribution < 1.29 is 9.47 Å². The topological polar surface area (TPSA) is 33.7 Å². The second-order valence-corrected chi connectivity index (χ2v) is 6.32. The minimum atomic E-state index is 0.368. The quantitative estimate of drug-likeness (QED) is 0.821. The third-order valence-electron chi connectivity index (χ3n) is 4.58. The third kappa shape index (κ3) is 4.15. The Bertz CT molecular complexity index is 267. The number of hydrogen-bond acceptors (Lipinski definition) is 4. The van der Waals surface area contributed by atoms with Gasteiger partial charge in [-0.25, -0.2) is 0 Å². The van der Waals surface area contributed by atoms with Gasteiger partial charge in [0.05, 0.1) is 12.7 Å². The highest BCUT2D eigenvalue weighted by Gasteiger charge is 2.36. The molecule has 0 aliphatic carbocycles. The smallest absolute Gasteiger partial charge is 0.0674 e. The maximum atomic E-state index is 5.74. The molecular formula is C15H30N2O2. The van der Waals surface area contributed by atoms with Gasteiger partial charge in [0.2, 0.25) is 0 Å². The van der Waals surface area contributed by atoms with E-state index >= 15 is 0 Å². The summed E-state index contributed by atoms with van der Waals surface area (Å²) in [4.78, 5) is 2.62. The van der Waals surface area contributed by atoms with Crippen molar-refractivity contribution in [3.05, 3.63) is 0 Å². The Labute approximate surface area is 117 Å². The number of nitrogens with one attached hydrogen (secondary N) is 1. The van der Waals surface area contributed by atoms with Crippen LogP contribution in [0.15, 0.2) is 0 Å². The maximum Gasteiger partial charge on any atom is 0.0674 e. The molecule has 2 aliphatic rings. The van der Waals surface area contributed by atoms with Crippen LogP contribution in [-0.2, 0) is 9.47 Å². The Morgan fingerprint density at radius 3 is 2.68 bits per heavy atom. The van der Waals surface area contributed by atoms with Gasteiger partial charge < -0.3 is 14.8 Å². The Morgan fingerprint density at radius 1 is 1.26 bits per heavy atom. The molecule has 0 spiro atoms. The van der Waals surface area contributed by atoms with Gasteiger partial charge in [0.25, 0.3) is 0 Å². The van der Waals surface area contributed by atoms with Crippen molar-refractivity contribution in [2.24, 2.45) is 5.41 Å². The summed E-state index contributed by atoms with van der Waals surface area (Å²) in [5, 5.41) is 3.56. The van der Waals surface area contributed by atoms with E-state index in [0.717, 1.165) is 39.5 Å². The predicted molar refractivity (Wildman–Crippen MR) is 77.5 cm³/mol. The minimum absolute atomic E-state index is 0.368. The van der Waals surface area contributed by atoms with E-state index < -0.39 is 0 Å². The van der Waals surface area contributed by atoms with Gasteiger partial charge in [-0.3, -0.25) is 4.90 Å². The first-order valence-corrected chi connectivity index (χ1v) is 7.79. The van der Waals surface area contributed by atoms with Gasteiger partial charge in [-0.2, -0.15) is 0 Å². The van der Waals surface area contributed by atoms with Crippen LogP contribution in [0, 0.1) is 5.41 Å². The molecule has 19 heavy (non-hydrogen) atoms. The molecule has 0 aromatic carbocycles. The van der Waals surface area contributed by atoms with Crippen LogP contribution < -0.4 is 5.32 Å². The van der Waals surface area contributed by atoms with E-state index in [2.05, 4.69) is 31.0 Å². The lowest BCUT2D eigenvalue weighted by atomic mass is 9.79. The first-order chi connectivity index (χ1) is 9.15. The Balaban J connectivity index is 1.97. The van der Waals surface area contributed by atoms with Gasteiger partial charge >= 0.3 is 0 Å². The van der Waals surface area contributed by atoms with E-state index in [1.807, 2.05) is 0 Å². The Kier molecular flexibility index (Phi) is 5.63. The summed E-state index contributed by atoms with van der Waals surface area (Å²) < 4.78 is 11.3. The third-order valence-corrected chi connectivity index (χ3v) is 4.58. The van der Waals surface area contributed by atoms with Crippen LogP contribution in [0.4, 0.5) is 0 Å². The standard InChI is InChI=1S/C15H30N2O2/c1-4-16-11-15(5-7-18-8-6-15)12-17-9-14(3)19-10-13(17)2/h13-14,16H,4-12H2,1-3H3. The molecule has 0 bridgehead atoms. The summed E-state index contributed by atoms with van der Waals surface area (Å²) in [6.45, 7) is 13.8. The summed E-state index contributed by atoms with van der Waals surface area (Å²) >= 11 is 0. The Hall–Kier alpha value is -0.160. The zero-order valence-corrected chi connectivity index (χ0v) is 12.8. The second kappa shape index (κ2) is 7.02. The molecule has 4 heteroatoms. The number of hydrogen-bond donors (Lipinski definition) is 1. The van der Waals surface area contributed by atoms with Gasteiger partial charge in [-0.1, -0.05) is 6.92 Å². The van der Waals surface area contributed by atoms with Crippen LogP contribution in [0.25, 0.3) is 0 Å². The summed E-state index contributed by atoms with van der Waals surface area (Å²) in [6.07, 6.45) is 2.73. The molecular weight excluding hydrogens is 240 g/mol. The average molecular weight is 270 g/mol. The first kappa shape index (κ1) is 15.2. The lowest BCUT2D eigenvalue weighted by molar-refractivity contribution is -0.0778. The van der Waals surface area contributed by atoms with E-state index in [0.29, 0.717) is 17.6 Å². The van der Waals surface area contributed by atoms with Crippen molar-refractivity contribution in [2.45, 2.75) is 45.8 Å². The minimum Gasteiger partial charge on any atom is -0.381 e. The average Bonchev–Trinajstić information content (AvgIpc) is 2.42. The summed E-state index contributed by atoms with van der Waals surface area (Å²) in [5.41, 5.74) is 0.388. The zero-order chi connectivity index (χ0) is 13.7. The molecule has 2 aliphatic heterocycles. The molecule has 2 heterocycles. The highest BCUT2D eigenvalue weighted by molar-refractivity contribution is 4.90. The van der Waals surface area contributed by atoms with Crippen molar-refractivity contribution in [1.82, 2.24) is 10.2 Å². The van der Waals surface area contributed by atoms with E-state index in [4.69, 9.17) is 9.47 Å². The second-order valence-electron chi connectivity index (χ2n) is 6.32. The van der Waals surface area contributed by atoms with Gasteiger partial charge in [-0.15, -0.1) is 0 Å². The van der Waals surface area contributed by atoms with Crippen LogP contribution in [-0.4, -0.2) is 63.0 Å². The van der Waals surface area contributed by atoms with Crippen LogP contribution in [0.2, 0.25) is 0 Å². The fraction of sp³-hybridized carbons (Fsp3) is 1.00. The molecule has 112 valence electrons. The van der Waals surface area contributed by atoms with Gasteiger partial charge in [0.15, 0.2) is 0 Å². The molecule has 2 unspecified atom stereocenters. The van der Waals surface area contributed by atoms with E-state index in [9.17, 15) is 0 Å². The van der Waals surface area contributed by atoms with Crippen LogP contribution in [0.5, 0.6) is 0 Å². The SMILES string of the molecule is CCNCC1(CN2CC(C)OCC2C)CCOCC1.